The molecule has 1 aliphatic heterocycles. The highest BCUT2D eigenvalue weighted by Gasteiger charge is 2.62. The van der Waals surface area contributed by atoms with E-state index < -0.39 is 11.6 Å². The highest BCUT2D eigenvalue weighted by atomic mass is 19.1. The van der Waals surface area contributed by atoms with E-state index >= 15 is 0 Å². The number of hydrogen-bond donors (Lipinski definition) is 1. The molecule has 1 saturated carbocycles. The van der Waals surface area contributed by atoms with Crippen LogP contribution < -0.4 is 5.32 Å². The van der Waals surface area contributed by atoms with Crippen LogP contribution in [-0.2, 0) is 10.2 Å². The Morgan fingerprint density at radius 3 is 2.50 bits per heavy atom. The number of rotatable bonds is 2. The van der Waals surface area contributed by atoms with Gasteiger partial charge in [0, 0.05) is 18.0 Å². The molecule has 3 rings (SSSR count). The van der Waals surface area contributed by atoms with Crippen LogP contribution in [-0.4, -0.2) is 18.9 Å². The zero-order chi connectivity index (χ0) is 11.3. The highest BCUT2D eigenvalue weighted by molar-refractivity contribution is 5.63. The summed E-state index contributed by atoms with van der Waals surface area (Å²) in [5.41, 5.74) is 0.459. The van der Waals surface area contributed by atoms with Crippen molar-refractivity contribution < 1.29 is 13.6 Å². The molecule has 3 atom stereocenters. The first-order valence-corrected chi connectivity index (χ1v) is 5.31. The maximum absolute atomic E-state index is 13.1. The summed E-state index contributed by atoms with van der Waals surface area (Å²) in [6, 6.07) is 3.46. The van der Waals surface area contributed by atoms with E-state index in [0.29, 0.717) is 12.1 Å². The van der Waals surface area contributed by atoms with Crippen molar-refractivity contribution in [3.8, 4) is 0 Å². The van der Waals surface area contributed by atoms with Crippen LogP contribution in [0.25, 0.3) is 0 Å². The molecule has 1 aromatic rings. The van der Waals surface area contributed by atoms with E-state index in [4.69, 9.17) is 0 Å². The van der Waals surface area contributed by atoms with Crippen LogP contribution in [0, 0.1) is 17.6 Å². The number of carbonyl (C=O) groups excluding carboxylic acids is 1. The Bertz CT molecular complexity index is 442. The minimum absolute atomic E-state index is 0.161. The van der Waals surface area contributed by atoms with Crippen LogP contribution >= 0.6 is 0 Å². The molecule has 0 aromatic heterocycles. The number of nitrogens with one attached hydrogen (secondary N) is 1. The van der Waals surface area contributed by atoms with Crippen molar-refractivity contribution in [3.63, 3.8) is 0 Å². The molecule has 0 amide bonds. The number of fused-ring (bicyclic) bond motifs is 1. The van der Waals surface area contributed by atoms with Crippen LogP contribution in [0.5, 0.6) is 0 Å². The Kier molecular flexibility index (Phi) is 1.92. The summed E-state index contributed by atoms with van der Waals surface area (Å²) in [6.45, 7) is 0.629. The monoisotopic (exact) mass is 223 g/mol. The van der Waals surface area contributed by atoms with Gasteiger partial charge in [-0.25, -0.2) is 8.78 Å². The van der Waals surface area contributed by atoms with E-state index in [1.165, 1.54) is 12.1 Å². The number of hydrogen-bond acceptors (Lipinski definition) is 2. The summed E-state index contributed by atoms with van der Waals surface area (Å²) in [6.07, 6.45) is 1.72. The van der Waals surface area contributed by atoms with Gasteiger partial charge in [0.25, 0.3) is 0 Å². The van der Waals surface area contributed by atoms with Crippen molar-refractivity contribution in [2.24, 2.45) is 5.92 Å². The Morgan fingerprint density at radius 2 is 2.00 bits per heavy atom. The second-order valence-corrected chi connectivity index (χ2v) is 4.67. The lowest BCUT2D eigenvalue weighted by molar-refractivity contribution is -0.109. The standard InChI is InChI=1S/C12H11F2NO/c13-8-1-7(2-9(14)3-8)12-4-10(12)11(5-16)15-6-12/h1-3,5,10-11,15H,4,6H2/t10-,11?,12+/m0/s1. The molecule has 16 heavy (non-hydrogen) atoms. The molecule has 2 nitrogen and oxygen atoms in total. The number of halogens is 2. The molecule has 1 aromatic carbocycles. The number of benzene rings is 1. The minimum Gasteiger partial charge on any atom is -0.307 e. The van der Waals surface area contributed by atoms with E-state index in [0.717, 1.165) is 18.8 Å². The topological polar surface area (TPSA) is 29.1 Å². The first-order chi connectivity index (χ1) is 7.65. The lowest BCUT2D eigenvalue weighted by atomic mass is 9.94. The Hall–Kier alpha value is -1.29. The first kappa shape index (κ1) is 9.90. The third kappa shape index (κ3) is 1.23. The summed E-state index contributed by atoms with van der Waals surface area (Å²) in [7, 11) is 0. The molecule has 0 bridgehead atoms. The van der Waals surface area contributed by atoms with E-state index in [1.807, 2.05) is 0 Å². The maximum atomic E-state index is 13.1. The molecule has 2 aliphatic rings. The minimum atomic E-state index is -0.551. The lowest BCUT2D eigenvalue weighted by Crippen LogP contribution is -2.28. The molecule has 1 unspecified atom stereocenters. The van der Waals surface area contributed by atoms with Crippen molar-refractivity contribution in [1.29, 1.82) is 0 Å². The van der Waals surface area contributed by atoms with Gasteiger partial charge in [-0.3, -0.25) is 0 Å². The SMILES string of the molecule is O=CC1NC[C@@]2(c3cc(F)cc(F)c3)C[C@@H]12. The van der Waals surface area contributed by atoms with E-state index in [9.17, 15) is 13.6 Å². The largest absolute Gasteiger partial charge is 0.307 e. The van der Waals surface area contributed by atoms with Crippen molar-refractivity contribution in [2.45, 2.75) is 17.9 Å². The van der Waals surface area contributed by atoms with E-state index in [-0.39, 0.29) is 17.4 Å². The Labute approximate surface area is 91.7 Å². The van der Waals surface area contributed by atoms with Gasteiger partial charge >= 0.3 is 0 Å². The molecule has 1 saturated heterocycles. The smallest absolute Gasteiger partial charge is 0.137 e. The zero-order valence-corrected chi connectivity index (χ0v) is 8.54. The molecule has 1 aliphatic carbocycles. The van der Waals surface area contributed by atoms with Crippen molar-refractivity contribution in [1.82, 2.24) is 5.32 Å². The van der Waals surface area contributed by atoms with Crippen molar-refractivity contribution in [2.75, 3.05) is 6.54 Å². The third-order valence-corrected chi connectivity index (χ3v) is 3.80. The summed E-state index contributed by atoms with van der Waals surface area (Å²) in [5, 5.41) is 3.07. The average Bonchev–Trinajstić information content (AvgIpc) is 2.86. The summed E-state index contributed by atoms with van der Waals surface area (Å²) >= 11 is 0. The van der Waals surface area contributed by atoms with Gasteiger partial charge in [0.15, 0.2) is 0 Å². The number of carbonyl (C=O) groups is 1. The van der Waals surface area contributed by atoms with Gasteiger partial charge in [-0.2, -0.15) is 0 Å². The average molecular weight is 223 g/mol. The highest BCUT2D eigenvalue weighted by Crippen LogP contribution is 2.58. The second-order valence-electron chi connectivity index (χ2n) is 4.67. The van der Waals surface area contributed by atoms with E-state index in [1.54, 1.807) is 0 Å². The molecule has 84 valence electrons. The van der Waals surface area contributed by atoms with Crippen LogP contribution in [0.1, 0.15) is 12.0 Å². The van der Waals surface area contributed by atoms with Crippen LogP contribution in [0.15, 0.2) is 18.2 Å². The lowest BCUT2D eigenvalue weighted by Gasteiger charge is -2.12. The number of aldehydes is 1. The molecule has 4 heteroatoms. The maximum Gasteiger partial charge on any atom is 0.137 e. The zero-order valence-electron chi connectivity index (χ0n) is 8.54. The predicted octanol–water partition coefficient (Wildman–Crippen LogP) is 1.39. The Balaban J connectivity index is 1.97. The Morgan fingerprint density at radius 1 is 1.31 bits per heavy atom. The summed E-state index contributed by atoms with van der Waals surface area (Å²) < 4.78 is 26.2. The van der Waals surface area contributed by atoms with Crippen molar-refractivity contribution >= 4 is 6.29 Å². The summed E-state index contributed by atoms with van der Waals surface area (Å²) in [4.78, 5) is 10.7. The normalized spacial score (nSPS) is 35.9. The van der Waals surface area contributed by atoms with Gasteiger partial charge in [-0.1, -0.05) is 0 Å². The van der Waals surface area contributed by atoms with E-state index in [2.05, 4.69) is 5.32 Å². The molecular weight excluding hydrogens is 212 g/mol. The number of piperidine rings is 1. The molecule has 1 heterocycles. The van der Waals surface area contributed by atoms with Gasteiger partial charge in [-0.15, -0.1) is 0 Å². The van der Waals surface area contributed by atoms with Crippen LogP contribution in [0.2, 0.25) is 0 Å². The molecule has 0 spiro atoms. The molecular formula is C12H11F2NO. The second kappa shape index (κ2) is 3.10. The molecule has 0 radical (unpaired) electrons. The first-order valence-electron chi connectivity index (χ1n) is 5.31. The van der Waals surface area contributed by atoms with Crippen molar-refractivity contribution in [3.05, 3.63) is 35.4 Å². The predicted molar refractivity (Wildman–Crippen MR) is 54.0 cm³/mol. The van der Waals surface area contributed by atoms with Gasteiger partial charge in [0.05, 0.1) is 6.04 Å². The quantitative estimate of drug-likeness (QED) is 0.768. The third-order valence-electron chi connectivity index (χ3n) is 3.80. The molecule has 1 N–H and O–H groups in total. The fourth-order valence-corrected chi connectivity index (χ4v) is 2.87. The fourth-order valence-electron chi connectivity index (χ4n) is 2.87. The fraction of sp³-hybridized carbons (Fsp3) is 0.417. The van der Waals surface area contributed by atoms with Gasteiger partial charge < -0.3 is 10.1 Å². The summed E-state index contributed by atoms with van der Waals surface area (Å²) in [5.74, 6) is -0.902. The molecule has 2 fully saturated rings. The van der Waals surface area contributed by atoms with Crippen LogP contribution in [0.3, 0.4) is 0 Å². The van der Waals surface area contributed by atoms with Gasteiger partial charge in [-0.05, 0) is 30.0 Å². The van der Waals surface area contributed by atoms with Crippen LogP contribution in [0.4, 0.5) is 8.78 Å². The van der Waals surface area contributed by atoms with Gasteiger partial charge in [0.2, 0.25) is 0 Å². The van der Waals surface area contributed by atoms with Gasteiger partial charge in [0.1, 0.15) is 17.9 Å².